The molecule has 1 N–H and O–H groups in total. The lowest BCUT2D eigenvalue weighted by molar-refractivity contribution is -0.143. The van der Waals surface area contributed by atoms with Crippen molar-refractivity contribution in [3.05, 3.63) is 29.8 Å². The van der Waals surface area contributed by atoms with Crippen LogP contribution in [0.15, 0.2) is 29.2 Å². The number of hydrogen-bond acceptors (Lipinski definition) is 3. The predicted molar refractivity (Wildman–Crippen MR) is 76.5 cm³/mol. The first kappa shape index (κ1) is 13.0. The molecule has 2 aliphatic rings. The minimum atomic E-state index is -0.626. The number of thioether (sulfide) groups is 1. The van der Waals surface area contributed by atoms with Crippen molar-refractivity contribution in [3.8, 4) is 0 Å². The Balaban J connectivity index is 1.73. The van der Waals surface area contributed by atoms with Crippen molar-refractivity contribution in [1.29, 1.82) is 0 Å². The molecule has 1 aromatic carbocycles. The van der Waals surface area contributed by atoms with Crippen LogP contribution < -0.4 is 0 Å². The zero-order valence-electron chi connectivity index (χ0n) is 10.9. The molecule has 1 atom stereocenters. The van der Waals surface area contributed by atoms with Gasteiger partial charge in [0.2, 0.25) is 0 Å². The van der Waals surface area contributed by atoms with Gasteiger partial charge in [0, 0.05) is 10.9 Å². The number of likely N-dealkylation sites (tertiary alicyclic amines) is 1. The SMILES string of the molecule is O=C(O)C1CCN(C2CCSc3ccccc32)CC1. The molecule has 1 saturated heterocycles. The highest BCUT2D eigenvalue weighted by atomic mass is 32.2. The molecule has 4 heteroatoms. The third-order valence-corrected chi connectivity index (χ3v) is 5.37. The zero-order valence-corrected chi connectivity index (χ0v) is 11.7. The summed E-state index contributed by atoms with van der Waals surface area (Å²) in [5.74, 6) is 0.407. The number of piperidine rings is 1. The van der Waals surface area contributed by atoms with Crippen LogP contribution in [0.1, 0.15) is 30.9 Å². The summed E-state index contributed by atoms with van der Waals surface area (Å²) in [4.78, 5) is 14.9. The molecule has 0 radical (unpaired) electrons. The van der Waals surface area contributed by atoms with E-state index in [1.54, 1.807) is 0 Å². The number of fused-ring (bicyclic) bond motifs is 1. The van der Waals surface area contributed by atoms with Crippen LogP contribution in [-0.2, 0) is 4.79 Å². The van der Waals surface area contributed by atoms with E-state index >= 15 is 0 Å². The average molecular weight is 277 g/mol. The first-order valence-electron chi connectivity index (χ1n) is 6.94. The molecule has 0 aliphatic carbocycles. The van der Waals surface area contributed by atoms with Crippen LogP contribution in [0.3, 0.4) is 0 Å². The highest BCUT2D eigenvalue weighted by Gasteiger charge is 2.31. The third kappa shape index (κ3) is 2.65. The Bertz CT molecular complexity index is 469. The van der Waals surface area contributed by atoms with Crippen LogP contribution in [0.2, 0.25) is 0 Å². The zero-order chi connectivity index (χ0) is 13.2. The van der Waals surface area contributed by atoms with E-state index in [9.17, 15) is 4.79 Å². The second kappa shape index (κ2) is 5.55. The lowest BCUT2D eigenvalue weighted by Gasteiger charge is -2.39. The van der Waals surface area contributed by atoms with Crippen molar-refractivity contribution in [2.24, 2.45) is 5.92 Å². The maximum Gasteiger partial charge on any atom is 0.306 e. The van der Waals surface area contributed by atoms with Crippen molar-refractivity contribution < 1.29 is 9.90 Å². The van der Waals surface area contributed by atoms with Gasteiger partial charge in [0.15, 0.2) is 0 Å². The van der Waals surface area contributed by atoms with E-state index in [1.807, 2.05) is 11.8 Å². The molecular formula is C15H19NO2S. The number of aliphatic carboxylic acids is 1. The summed E-state index contributed by atoms with van der Waals surface area (Å²) in [5, 5.41) is 9.07. The molecule has 0 spiro atoms. The van der Waals surface area contributed by atoms with Crippen LogP contribution in [0.25, 0.3) is 0 Å². The minimum absolute atomic E-state index is 0.135. The van der Waals surface area contributed by atoms with E-state index in [0.717, 1.165) is 25.9 Å². The normalized spacial score (nSPS) is 24.9. The standard InChI is InChI=1S/C15H19NO2S/c17-15(18)11-5-8-16(9-6-11)13-7-10-19-14-4-2-1-3-12(13)14/h1-4,11,13H,5-10H2,(H,17,18). The first-order chi connectivity index (χ1) is 9.25. The van der Waals surface area contributed by atoms with Crippen LogP contribution in [-0.4, -0.2) is 34.8 Å². The van der Waals surface area contributed by atoms with Crippen LogP contribution in [0, 0.1) is 5.92 Å². The topological polar surface area (TPSA) is 40.5 Å². The lowest BCUT2D eigenvalue weighted by Crippen LogP contribution is -2.39. The minimum Gasteiger partial charge on any atom is -0.481 e. The van der Waals surface area contributed by atoms with E-state index in [-0.39, 0.29) is 5.92 Å². The van der Waals surface area contributed by atoms with Crippen molar-refractivity contribution >= 4 is 17.7 Å². The van der Waals surface area contributed by atoms with E-state index < -0.39 is 5.97 Å². The number of benzene rings is 1. The van der Waals surface area contributed by atoms with Crippen LogP contribution in [0.4, 0.5) is 0 Å². The molecule has 3 rings (SSSR count). The molecule has 1 aromatic rings. The molecule has 2 aliphatic heterocycles. The van der Waals surface area contributed by atoms with Crippen LogP contribution in [0.5, 0.6) is 0 Å². The van der Waals surface area contributed by atoms with Gasteiger partial charge in [-0.2, -0.15) is 0 Å². The molecular weight excluding hydrogens is 258 g/mol. The summed E-state index contributed by atoms with van der Waals surface area (Å²) in [5.41, 5.74) is 1.44. The van der Waals surface area contributed by atoms with E-state index in [0.29, 0.717) is 6.04 Å². The quantitative estimate of drug-likeness (QED) is 0.902. The molecule has 1 unspecified atom stereocenters. The Morgan fingerprint density at radius 3 is 2.68 bits per heavy atom. The van der Waals surface area contributed by atoms with Crippen molar-refractivity contribution in [1.82, 2.24) is 4.90 Å². The maximum absolute atomic E-state index is 11.0. The number of carboxylic acid groups (broad SMARTS) is 1. The van der Waals surface area contributed by atoms with Gasteiger partial charge >= 0.3 is 5.97 Å². The molecule has 0 saturated carbocycles. The smallest absolute Gasteiger partial charge is 0.306 e. The number of nitrogens with zero attached hydrogens (tertiary/aromatic N) is 1. The Morgan fingerprint density at radius 1 is 1.21 bits per heavy atom. The van der Waals surface area contributed by atoms with Gasteiger partial charge in [-0.05, 0) is 49.7 Å². The number of carbonyl (C=O) groups is 1. The Hall–Kier alpha value is -1.00. The fraction of sp³-hybridized carbons (Fsp3) is 0.533. The van der Waals surface area contributed by atoms with Crippen molar-refractivity contribution in [2.75, 3.05) is 18.8 Å². The summed E-state index contributed by atoms with van der Waals surface area (Å²) >= 11 is 1.94. The van der Waals surface area contributed by atoms with Gasteiger partial charge in [0.1, 0.15) is 0 Å². The molecule has 3 nitrogen and oxygen atoms in total. The van der Waals surface area contributed by atoms with E-state index in [2.05, 4.69) is 29.2 Å². The third-order valence-electron chi connectivity index (χ3n) is 4.25. The average Bonchev–Trinajstić information content (AvgIpc) is 2.47. The van der Waals surface area contributed by atoms with Gasteiger partial charge in [0.25, 0.3) is 0 Å². The van der Waals surface area contributed by atoms with Crippen LogP contribution >= 0.6 is 11.8 Å². The summed E-state index contributed by atoms with van der Waals surface area (Å²) in [7, 11) is 0. The molecule has 19 heavy (non-hydrogen) atoms. The molecule has 0 amide bonds. The Kier molecular flexibility index (Phi) is 3.80. The first-order valence-corrected chi connectivity index (χ1v) is 7.93. The predicted octanol–water partition coefficient (Wildman–Crippen LogP) is 3.02. The summed E-state index contributed by atoms with van der Waals surface area (Å²) in [6, 6.07) is 9.14. The molecule has 0 bridgehead atoms. The summed E-state index contributed by atoms with van der Waals surface area (Å²) in [6.07, 6.45) is 2.77. The Morgan fingerprint density at radius 2 is 1.95 bits per heavy atom. The number of rotatable bonds is 2. The number of carboxylic acids is 1. The second-order valence-electron chi connectivity index (χ2n) is 5.34. The second-order valence-corrected chi connectivity index (χ2v) is 6.48. The van der Waals surface area contributed by atoms with Gasteiger partial charge in [-0.3, -0.25) is 9.69 Å². The van der Waals surface area contributed by atoms with Gasteiger partial charge in [0.05, 0.1) is 5.92 Å². The van der Waals surface area contributed by atoms with Gasteiger partial charge in [-0.1, -0.05) is 18.2 Å². The summed E-state index contributed by atoms with van der Waals surface area (Å²) in [6.45, 7) is 1.83. The fourth-order valence-corrected chi connectivity index (χ4v) is 4.27. The van der Waals surface area contributed by atoms with E-state index in [4.69, 9.17) is 5.11 Å². The van der Waals surface area contributed by atoms with E-state index in [1.165, 1.54) is 22.6 Å². The van der Waals surface area contributed by atoms with Crippen molar-refractivity contribution in [3.63, 3.8) is 0 Å². The molecule has 102 valence electrons. The fourth-order valence-electron chi connectivity index (χ4n) is 3.16. The maximum atomic E-state index is 11.0. The summed E-state index contributed by atoms with van der Waals surface area (Å²) < 4.78 is 0. The van der Waals surface area contributed by atoms with Gasteiger partial charge in [-0.25, -0.2) is 0 Å². The largest absolute Gasteiger partial charge is 0.481 e. The number of hydrogen-bond donors (Lipinski definition) is 1. The van der Waals surface area contributed by atoms with Crippen molar-refractivity contribution in [2.45, 2.75) is 30.2 Å². The Labute approximate surface area is 118 Å². The molecule has 0 aromatic heterocycles. The highest BCUT2D eigenvalue weighted by Crippen LogP contribution is 2.40. The molecule has 2 heterocycles. The molecule has 1 fully saturated rings. The monoisotopic (exact) mass is 277 g/mol. The van der Waals surface area contributed by atoms with Gasteiger partial charge < -0.3 is 5.11 Å². The lowest BCUT2D eigenvalue weighted by atomic mass is 9.93. The highest BCUT2D eigenvalue weighted by molar-refractivity contribution is 7.99. The van der Waals surface area contributed by atoms with Gasteiger partial charge in [-0.15, -0.1) is 11.8 Å².